The summed E-state index contributed by atoms with van der Waals surface area (Å²) >= 11 is 0. The van der Waals surface area contributed by atoms with Gasteiger partial charge in [0.05, 0.1) is 13.7 Å². The molecule has 4 nitrogen and oxygen atoms in total. The minimum absolute atomic E-state index is 0.0847. The van der Waals surface area contributed by atoms with Gasteiger partial charge in [-0.15, -0.1) is 0 Å². The normalized spacial score (nSPS) is 35.2. The van der Waals surface area contributed by atoms with Crippen molar-refractivity contribution < 1.29 is 19.4 Å². The molecule has 0 radical (unpaired) electrons. The van der Waals surface area contributed by atoms with Gasteiger partial charge in [0.25, 0.3) is 0 Å². The van der Waals surface area contributed by atoms with Crippen LogP contribution in [0.4, 0.5) is 0 Å². The van der Waals surface area contributed by atoms with Crippen LogP contribution in [0.2, 0.25) is 0 Å². The van der Waals surface area contributed by atoms with E-state index in [1.54, 1.807) is 24.3 Å². The Morgan fingerprint density at radius 1 is 0.953 bits per heavy atom. The third-order valence-corrected chi connectivity index (χ3v) is 13.6. The highest BCUT2D eigenvalue weighted by Crippen LogP contribution is 2.68. The predicted molar refractivity (Wildman–Crippen MR) is 176 cm³/mol. The lowest BCUT2D eigenvalue weighted by molar-refractivity contribution is -0.138. The van der Waals surface area contributed by atoms with Crippen LogP contribution in [-0.2, 0) is 9.53 Å². The maximum absolute atomic E-state index is 12.4. The third kappa shape index (κ3) is 6.69. The fourth-order valence-electron chi connectivity index (χ4n) is 11.1. The molecular weight excluding hydrogens is 532 g/mol. The monoisotopic (exact) mass is 592 g/mol. The van der Waals surface area contributed by atoms with Crippen molar-refractivity contribution in [2.24, 2.45) is 58.2 Å². The summed E-state index contributed by atoms with van der Waals surface area (Å²) in [6, 6.07) is 5.02. The number of esters is 1. The van der Waals surface area contributed by atoms with Gasteiger partial charge in [0.2, 0.25) is 0 Å². The minimum Gasteiger partial charge on any atom is -0.504 e. The van der Waals surface area contributed by atoms with E-state index in [0.717, 1.165) is 47.5 Å². The maximum Gasteiger partial charge on any atom is 0.330 e. The van der Waals surface area contributed by atoms with Gasteiger partial charge in [-0.05, 0) is 146 Å². The lowest BCUT2D eigenvalue weighted by Crippen LogP contribution is -2.53. The van der Waals surface area contributed by atoms with Crippen molar-refractivity contribution >= 4 is 12.0 Å². The van der Waals surface area contributed by atoms with Gasteiger partial charge in [0.15, 0.2) is 11.5 Å². The Bertz CT molecular complexity index is 1120. The zero-order valence-electron chi connectivity index (χ0n) is 28.1. The quantitative estimate of drug-likeness (QED) is 0.205. The lowest BCUT2D eigenvalue weighted by Gasteiger charge is -2.61. The van der Waals surface area contributed by atoms with Gasteiger partial charge >= 0.3 is 5.97 Å². The van der Waals surface area contributed by atoms with Crippen molar-refractivity contribution in [1.82, 2.24) is 0 Å². The molecule has 0 bridgehead atoms. The molecule has 1 N–H and O–H groups in total. The lowest BCUT2D eigenvalue weighted by atomic mass is 9.44. The Hall–Kier alpha value is -1.97. The molecule has 0 aliphatic heterocycles. The van der Waals surface area contributed by atoms with Gasteiger partial charge in [0.1, 0.15) is 0 Å². The Morgan fingerprint density at radius 3 is 2.51 bits per heavy atom. The number of ether oxygens (including phenoxy) is 2. The highest BCUT2D eigenvalue weighted by atomic mass is 16.5. The number of carbonyl (C=O) groups excluding carboxylic acids is 1. The van der Waals surface area contributed by atoms with Crippen molar-refractivity contribution in [3.05, 3.63) is 29.8 Å². The van der Waals surface area contributed by atoms with Crippen LogP contribution in [0, 0.1) is 58.2 Å². The van der Waals surface area contributed by atoms with E-state index < -0.39 is 0 Å². The second-order valence-electron chi connectivity index (χ2n) is 15.9. The Morgan fingerprint density at radius 2 is 1.74 bits per heavy atom. The SMILES string of the molecule is COc1cc(/C=C/C(=O)OCC[C@H](CC[C@@H](C)[C@H]2CC[C@H]3[C@@H]4CC[C@H]5CCCC[C@]5(C)[C@H]4CC[C@]23C)C(C)C)ccc1O. The average molecular weight is 593 g/mol. The number of rotatable bonds is 11. The molecule has 4 saturated carbocycles. The first-order valence-corrected chi connectivity index (χ1v) is 17.8. The van der Waals surface area contributed by atoms with E-state index >= 15 is 0 Å². The summed E-state index contributed by atoms with van der Waals surface area (Å²) < 4.78 is 10.8. The molecule has 1 aromatic carbocycles. The average Bonchev–Trinajstić information content (AvgIpc) is 3.35. The van der Waals surface area contributed by atoms with Crippen LogP contribution in [0.15, 0.2) is 24.3 Å². The maximum atomic E-state index is 12.4. The van der Waals surface area contributed by atoms with E-state index in [-0.39, 0.29) is 11.7 Å². The Kier molecular flexibility index (Phi) is 10.2. The number of carbonyl (C=O) groups is 1. The topological polar surface area (TPSA) is 55.8 Å². The van der Waals surface area contributed by atoms with E-state index in [4.69, 9.17) is 9.47 Å². The van der Waals surface area contributed by atoms with E-state index in [9.17, 15) is 9.90 Å². The molecule has 0 amide bonds. The second-order valence-corrected chi connectivity index (χ2v) is 15.9. The Labute approximate surface area is 262 Å². The highest BCUT2D eigenvalue weighted by molar-refractivity contribution is 5.87. The molecule has 0 spiro atoms. The molecular formula is C39H60O4. The van der Waals surface area contributed by atoms with Crippen LogP contribution < -0.4 is 4.74 Å². The predicted octanol–water partition coefficient (Wildman–Crippen LogP) is 10.1. The molecule has 0 heterocycles. The molecule has 240 valence electrons. The highest BCUT2D eigenvalue weighted by Gasteiger charge is 2.60. The van der Waals surface area contributed by atoms with Crippen LogP contribution >= 0.6 is 0 Å². The van der Waals surface area contributed by atoms with Crippen LogP contribution in [0.25, 0.3) is 6.08 Å². The summed E-state index contributed by atoms with van der Waals surface area (Å²) in [7, 11) is 1.51. The van der Waals surface area contributed by atoms with Gasteiger partial charge in [-0.2, -0.15) is 0 Å². The van der Waals surface area contributed by atoms with Gasteiger partial charge in [-0.1, -0.05) is 59.9 Å². The van der Waals surface area contributed by atoms with Crippen molar-refractivity contribution in [2.75, 3.05) is 13.7 Å². The smallest absolute Gasteiger partial charge is 0.330 e. The van der Waals surface area contributed by atoms with E-state index in [2.05, 4.69) is 34.6 Å². The number of phenolic OH excluding ortho intramolecular Hbond substituents is 1. The molecule has 0 unspecified atom stereocenters. The summed E-state index contributed by atoms with van der Waals surface area (Å²) in [6.45, 7) is 13.1. The number of hydrogen-bond acceptors (Lipinski definition) is 4. The van der Waals surface area contributed by atoms with Gasteiger partial charge in [-0.3, -0.25) is 0 Å². The summed E-state index contributed by atoms with van der Waals surface area (Å²) in [5.41, 5.74) is 1.96. The van der Waals surface area contributed by atoms with Crippen LogP contribution in [0.3, 0.4) is 0 Å². The number of methoxy groups -OCH3 is 1. The van der Waals surface area contributed by atoms with Gasteiger partial charge < -0.3 is 14.6 Å². The fraction of sp³-hybridized carbons (Fsp3) is 0.769. The van der Waals surface area contributed by atoms with Gasteiger partial charge in [0, 0.05) is 6.08 Å². The van der Waals surface area contributed by atoms with E-state index in [1.165, 1.54) is 90.2 Å². The van der Waals surface area contributed by atoms with Crippen LogP contribution in [0.1, 0.15) is 124 Å². The van der Waals surface area contributed by atoms with Crippen molar-refractivity contribution in [1.29, 1.82) is 0 Å². The largest absolute Gasteiger partial charge is 0.504 e. The minimum atomic E-state index is -0.320. The van der Waals surface area contributed by atoms with Crippen molar-refractivity contribution in [3.8, 4) is 11.5 Å². The molecule has 4 aliphatic carbocycles. The number of hydrogen-bond donors (Lipinski definition) is 1. The third-order valence-electron chi connectivity index (χ3n) is 13.6. The summed E-state index contributed by atoms with van der Waals surface area (Å²) in [6.07, 6.45) is 21.4. The zero-order chi connectivity index (χ0) is 30.8. The summed E-state index contributed by atoms with van der Waals surface area (Å²) in [5, 5.41) is 9.77. The number of aromatic hydroxyl groups is 1. The molecule has 9 atom stereocenters. The first kappa shape index (κ1) is 32.4. The first-order chi connectivity index (χ1) is 20.6. The molecule has 4 fully saturated rings. The number of benzene rings is 1. The second kappa shape index (κ2) is 13.6. The number of fused-ring (bicyclic) bond motifs is 5. The summed E-state index contributed by atoms with van der Waals surface area (Å²) in [4.78, 5) is 12.4. The molecule has 0 aromatic heterocycles. The fourth-order valence-corrected chi connectivity index (χ4v) is 11.1. The molecule has 0 saturated heterocycles. The molecule has 4 heteroatoms. The van der Waals surface area contributed by atoms with Crippen molar-refractivity contribution in [3.63, 3.8) is 0 Å². The van der Waals surface area contributed by atoms with Crippen LogP contribution in [0.5, 0.6) is 11.5 Å². The van der Waals surface area contributed by atoms with E-state index in [0.29, 0.717) is 35.0 Å². The zero-order valence-corrected chi connectivity index (χ0v) is 28.1. The molecule has 4 aliphatic rings. The molecule has 43 heavy (non-hydrogen) atoms. The Balaban J connectivity index is 1.11. The van der Waals surface area contributed by atoms with E-state index in [1.807, 2.05) is 0 Å². The van der Waals surface area contributed by atoms with Crippen molar-refractivity contribution in [2.45, 2.75) is 118 Å². The van der Waals surface area contributed by atoms with Gasteiger partial charge in [-0.25, -0.2) is 4.79 Å². The molecule has 1 aromatic rings. The standard InChI is InChI=1S/C39H60O4/c1-26(2)29(21-24-43-37(41)19-12-28-11-18-35(40)36(25-28)42-6)13-10-27(3)32-16-17-33-31-15-14-30-9-7-8-22-38(30,4)34(31)20-23-39(32,33)5/h11-12,18-19,25-27,29-34,40H,7-10,13-17,20-24H2,1-6H3/b19-12+/t27-,29+,30-,31+,32-,33+,34+,38+,39-/m1/s1. The number of phenols is 1. The first-order valence-electron chi connectivity index (χ1n) is 17.8. The molecule has 5 rings (SSSR count). The van der Waals surface area contributed by atoms with Crippen LogP contribution in [-0.4, -0.2) is 24.8 Å². The summed E-state index contributed by atoms with van der Waals surface area (Å²) in [5.74, 6) is 6.88.